The second kappa shape index (κ2) is 15.2. The Morgan fingerprint density at radius 3 is 1.66 bits per heavy atom. The molecular formula is C64H40N2O2. The summed E-state index contributed by atoms with van der Waals surface area (Å²) in [6, 6.07) is 87.0. The van der Waals surface area contributed by atoms with Crippen LogP contribution in [0.15, 0.2) is 251 Å². The van der Waals surface area contributed by atoms with Crippen molar-refractivity contribution in [3.8, 4) is 39.1 Å². The van der Waals surface area contributed by atoms with Crippen molar-refractivity contribution in [3.05, 3.63) is 243 Å². The molecule has 0 amide bonds. The molecule has 0 saturated carbocycles. The minimum atomic E-state index is 0.876. The molecule has 0 fully saturated rings. The van der Waals surface area contributed by atoms with E-state index < -0.39 is 0 Å². The van der Waals surface area contributed by atoms with Crippen LogP contribution in [0.25, 0.3) is 116 Å². The summed E-state index contributed by atoms with van der Waals surface area (Å²) in [7, 11) is 0. The monoisotopic (exact) mass is 868 g/mol. The SMILES string of the molecule is c1cc(-c2ccc(N(c3ccc(-c4cccc5c4oc4ccccc45)cc3)c3ccccc3-c3ccc4oc5cc6ccccc6cc5c4c3)cc2)cc(-n2c3ccccc3c3ccccc32)c1. The topological polar surface area (TPSA) is 34.5 Å². The molecule has 0 aliphatic heterocycles. The van der Waals surface area contributed by atoms with E-state index in [1.165, 1.54) is 32.6 Å². The average Bonchev–Trinajstić information content (AvgIpc) is 4.08. The van der Waals surface area contributed by atoms with Crippen LogP contribution in [0.2, 0.25) is 0 Å². The van der Waals surface area contributed by atoms with Gasteiger partial charge in [-0.1, -0.05) is 158 Å². The molecule has 0 bridgehead atoms. The molecule has 0 unspecified atom stereocenters. The molecular weight excluding hydrogens is 829 g/mol. The van der Waals surface area contributed by atoms with Crippen LogP contribution in [0.4, 0.5) is 17.1 Å². The minimum Gasteiger partial charge on any atom is -0.456 e. The van der Waals surface area contributed by atoms with E-state index in [0.717, 1.165) is 100 Å². The summed E-state index contributed by atoms with van der Waals surface area (Å²) in [6.45, 7) is 0. The molecule has 4 nitrogen and oxygen atoms in total. The van der Waals surface area contributed by atoms with E-state index in [4.69, 9.17) is 8.83 Å². The highest BCUT2D eigenvalue weighted by Crippen LogP contribution is 2.45. The van der Waals surface area contributed by atoms with Gasteiger partial charge in [0.25, 0.3) is 0 Å². The van der Waals surface area contributed by atoms with Gasteiger partial charge in [-0.25, -0.2) is 0 Å². The molecule has 318 valence electrons. The standard InChI is InChI=1S/C64H40N2O2/c1-2-14-45-40-63-57(38-44(45)13-1)56-39-46(31-36-62(56)67-63)50-17-3-7-23-58(50)65(48-34-29-42(30-35-48)51-21-12-22-55-54-20-6-10-26-61(54)68-64(51)55)47-32-27-41(28-33-47)43-15-11-16-49(37-43)66-59-24-8-4-18-52(59)53-19-5-9-25-60(53)66/h1-40H. The third-order valence-electron chi connectivity index (χ3n) is 13.8. The summed E-state index contributed by atoms with van der Waals surface area (Å²) in [5, 5.41) is 9.33. The van der Waals surface area contributed by atoms with Crippen LogP contribution in [-0.2, 0) is 0 Å². The van der Waals surface area contributed by atoms with Crippen molar-refractivity contribution < 1.29 is 8.83 Å². The first-order chi connectivity index (χ1) is 33.7. The minimum absolute atomic E-state index is 0.876. The van der Waals surface area contributed by atoms with E-state index in [0.29, 0.717) is 0 Å². The molecule has 0 atom stereocenters. The van der Waals surface area contributed by atoms with E-state index in [2.05, 4.69) is 240 Å². The molecule has 0 aliphatic carbocycles. The predicted molar refractivity (Wildman–Crippen MR) is 284 cm³/mol. The highest BCUT2D eigenvalue weighted by molar-refractivity contribution is 6.12. The van der Waals surface area contributed by atoms with Crippen LogP contribution in [0, 0.1) is 0 Å². The molecule has 0 radical (unpaired) electrons. The Balaban J connectivity index is 0.895. The summed E-state index contributed by atoms with van der Waals surface area (Å²) >= 11 is 0. The average molecular weight is 869 g/mol. The Labute approximate surface area is 391 Å². The quantitative estimate of drug-likeness (QED) is 0.160. The number of para-hydroxylation sites is 5. The highest BCUT2D eigenvalue weighted by Gasteiger charge is 2.20. The van der Waals surface area contributed by atoms with E-state index >= 15 is 0 Å². The Hall–Kier alpha value is -9.12. The van der Waals surface area contributed by atoms with E-state index in [9.17, 15) is 0 Å². The van der Waals surface area contributed by atoms with Gasteiger partial charge in [-0.05, 0) is 118 Å². The lowest BCUT2D eigenvalue weighted by Crippen LogP contribution is -2.11. The van der Waals surface area contributed by atoms with Crippen LogP contribution in [0.3, 0.4) is 0 Å². The third-order valence-corrected chi connectivity index (χ3v) is 13.8. The summed E-state index contributed by atoms with van der Waals surface area (Å²) in [5.41, 5.74) is 16.9. The van der Waals surface area contributed by atoms with Crippen molar-refractivity contribution in [1.82, 2.24) is 4.57 Å². The number of anilines is 3. The molecule has 4 heteroatoms. The zero-order valence-corrected chi connectivity index (χ0v) is 36.8. The molecule has 0 saturated heterocycles. The predicted octanol–water partition coefficient (Wildman–Crippen LogP) is 18.2. The van der Waals surface area contributed by atoms with E-state index in [1.807, 2.05) is 12.1 Å². The first-order valence-electron chi connectivity index (χ1n) is 23.1. The lowest BCUT2D eigenvalue weighted by Gasteiger charge is -2.28. The van der Waals surface area contributed by atoms with Crippen molar-refractivity contribution in [2.24, 2.45) is 0 Å². The first kappa shape index (κ1) is 38.2. The number of furan rings is 2. The molecule has 0 N–H and O–H groups in total. The van der Waals surface area contributed by atoms with E-state index in [-0.39, 0.29) is 0 Å². The lowest BCUT2D eigenvalue weighted by atomic mass is 9.98. The van der Waals surface area contributed by atoms with Crippen molar-refractivity contribution in [3.63, 3.8) is 0 Å². The number of hydrogen-bond acceptors (Lipinski definition) is 3. The second-order valence-corrected chi connectivity index (χ2v) is 17.7. The Morgan fingerprint density at radius 2 is 0.882 bits per heavy atom. The van der Waals surface area contributed by atoms with Gasteiger partial charge in [-0.15, -0.1) is 0 Å². The van der Waals surface area contributed by atoms with Gasteiger partial charge in [0.05, 0.1) is 16.7 Å². The van der Waals surface area contributed by atoms with Crippen molar-refractivity contribution in [2.75, 3.05) is 4.90 Å². The van der Waals surface area contributed by atoms with Crippen molar-refractivity contribution >= 4 is 93.5 Å². The zero-order chi connectivity index (χ0) is 44.7. The second-order valence-electron chi connectivity index (χ2n) is 17.7. The molecule has 0 spiro atoms. The maximum Gasteiger partial charge on any atom is 0.143 e. The van der Waals surface area contributed by atoms with Crippen LogP contribution in [-0.4, -0.2) is 4.57 Å². The first-order valence-corrected chi connectivity index (χ1v) is 23.1. The zero-order valence-electron chi connectivity index (χ0n) is 36.8. The highest BCUT2D eigenvalue weighted by atomic mass is 16.3. The summed E-state index contributed by atoms with van der Waals surface area (Å²) in [5.74, 6) is 0. The van der Waals surface area contributed by atoms with Gasteiger partial charge < -0.3 is 18.3 Å². The van der Waals surface area contributed by atoms with Crippen LogP contribution >= 0.6 is 0 Å². The normalized spacial score (nSPS) is 11.8. The van der Waals surface area contributed by atoms with E-state index in [1.54, 1.807) is 0 Å². The maximum atomic E-state index is 6.49. The van der Waals surface area contributed by atoms with Crippen LogP contribution < -0.4 is 4.90 Å². The maximum absolute atomic E-state index is 6.49. The van der Waals surface area contributed by atoms with Gasteiger partial charge >= 0.3 is 0 Å². The molecule has 68 heavy (non-hydrogen) atoms. The van der Waals surface area contributed by atoms with Crippen LogP contribution in [0.1, 0.15) is 0 Å². The molecule has 3 heterocycles. The fourth-order valence-electron chi connectivity index (χ4n) is 10.6. The van der Waals surface area contributed by atoms with Crippen molar-refractivity contribution in [2.45, 2.75) is 0 Å². The smallest absolute Gasteiger partial charge is 0.143 e. The number of nitrogens with zero attached hydrogens (tertiary/aromatic N) is 2. The molecule has 14 aromatic rings. The number of fused-ring (bicyclic) bond motifs is 10. The molecule has 11 aromatic carbocycles. The van der Waals surface area contributed by atoms with Gasteiger partial charge in [0, 0.05) is 60.5 Å². The molecule has 14 rings (SSSR count). The number of benzene rings is 11. The Bertz CT molecular complexity index is 4210. The Kier molecular flexibility index (Phi) is 8.55. The molecule has 3 aromatic heterocycles. The largest absolute Gasteiger partial charge is 0.456 e. The third kappa shape index (κ3) is 6.08. The van der Waals surface area contributed by atoms with Gasteiger partial charge in [-0.3, -0.25) is 0 Å². The molecule has 0 aliphatic rings. The number of aromatic nitrogens is 1. The summed E-state index contributed by atoms with van der Waals surface area (Å²) < 4.78 is 15.3. The van der Waals surface area contributed by atoms with Gasteiger partial charge in [-0.2, -0.15) is 0 Å². The van der Waals surface area contributed by atoms with Gasteiger partial charge in [0.1, 0.15) is 22.3 Å². The van der Waals surface area contributed by atoms with Crippen LogP contribution in [0.5, 0.6) is 0 Å². The van der Waals surface area contributed by atoms with Gasteiger partial charge in [0.2, 0.25) is 0 Å². The lowest BCUT2D eigenvalue weighted by molar-refractivity contribution is 0.669. The Morgan fingerprint density at radius 1 is 0.309 bits per heavy atom. The fraction of sp³-hybridized carbons (Fsp3) is 0. The fourth-order valence-corrected chi connectivity index (χ4v) is 10.6. The summed E-state index contributed by atoms with van der Waals surface area (Å²) in [6.07, 6.45) is 0. The number of rotatable bonds is 7. The van der Waals surface area contributed by atoms with Crippen molar-refractivity contribution in [1.29, 1.82) is 0 Å². The summed E-state index contributed by atoms with van der Waals surface area (Å²) in [4.78, 5) is 2.38. The van der Waals surface area contributed by atoms with Gasteiger partial charge in [0.15, 0.2) is 0 Å². The number of hydrogen-bond donors (Lipinski definition) is 0.